The standard InChI is InChI=1S/C27H39N3O6.HI/c1-19-23(26(31)35-6)25(21-14-13-15-22(18-21)29(33)34)24(20(2)28-19)27(32)36-17-12-10-8-7-9-11-16-30(3,4)5;/h13-15,18,25H,7-12,16-17H2,1-6H3;1H/t25-;/m0./s1. The number of rotatable bonds is 13. The van der Waals surface area contributed by atoms with Gasteiger partial charge in [-0.3, -0.25) is 10.1 Å². The molecule has 0 saturated heterocycles. The smallest absolute Gasteiger partial charge is 0.336 e. The highest BCUT2D eigenvalue weighted by atomic mass is 127. The van der Waals surface area contributed by atoms with Crippen LogP contribution >= 0.6 is 0 Å². The quantitative estimate of drug-likeness (QED) is 0.0883. The lowest BCUT2D eigenvalue weighted by Gasteiger charge is -2.30. The molecule has 0 spiro atoms. The molecule has 37 heavy (non-hydrogen) atoms. The number of carbonyl (C=O) groups excluding carboxylic acids is 2. The van der Waals surface area contributed by atoms with Gasteiger partial charge in [0.25, 0.3) is 5.69 Å². The lowest BCUT2D eigenvalue weighted by Crippen LogP contribution is -3.00. The minimum atomic E-state index is -0.840. The Morgan fingerprint density at radius 2 is 1.54 bits per heavy atom. The number of hydrogen-bond donors (Lipinski definition) is 1. The maximum atomic E-state index is 13.2. The maximum Gasteiger partial charge on any atom is 0.336 e. The Bertz CT molecular complexity index is 1030. The molecule has 0 saturated carbocycles. The zero-order valence-corrected chi connectivity index (χ0v) is 24.9. The number of nitrogens with one attached hydrogen (secondary N) is 1. The van der Waals surface area contributed by atoms with Gasteiger partial charge in [0, 0.05) is 23.5 Å². The van der Waals surface area contributed by atoms with Crippen molar-refractivity contribution in [2.24, 2.45) is 0 Å². The number of dihydropyridines is 1. The molecule has 0 bridgehead atoms. The van der Waals surface area contributed by atoms with E-state index < -0.39 is 22.8 Å². The third-order valence-corrected chi connectivity index (χ3v) is 6.26. The van der Waals surface area contributed by atoms with Crippen LogP contribution in [-0.4, -0.2) is 62.7 Å². The van der Waals surface area contributed by atoms with Gasteiger partial charge in [-0.2, -0.15) is 0 Å². The molecule has 0 amide bonds. The highest BCUT2D eigenvalue weighted by Crippen LogP contribution is 2.40. The van der Waals surface area contributed by atoms with E-state index in [1.165, 1.54) is 32.1 Å². The molecule has 2 rings (SSSR count). The number of hydrogen-bond acceptors (Lipinski definition) is 7. The van der Waals surface area contributed by atoms with E-state index in [9.17, 15) is 19.7 Å². The molecule has 0 fully saturated rings. The normalized spacial score (nSPS) is 15.6. The van der Waals surface area contributed by atoms with Gasteiger partial charge in [-0.15, -0.1) is 0 Å². The fourth-order valence-corrected chi connectivity index (χ4v) is 4.43. The topological polar surface area (TPSA) is 108 Å². The van der Waals surface area contributed by atoms with E-state index in [-0.39, 0.29) is 47.4 Å². The molecule has 1 aromatic rings. The van der Waals surface area contributed by atoms with Gasteiger partial charge in [0.2, 0.25) is 0 Å². The molecule has 0 aromatic heterocycles. The van der Waals surface area contributed by atoms with Gasteiger partial charge in [0.1, 0.15) is 0 Å². The van der Waals surface area contributed by atoms with Crippen molar-refractivity contribution in [2.45, 2.75) is 58.3 Å². The second-order valence-corrected chi connectivity index (χ2v) is 10.3. The molecule has 1 atom stereocenters. The van der Waals surface area contributed by atoms with Crippen LogP contribution in [0.1, 0.15) is 63.9 Å². The van der Waals surface area contributed by atoms with Crippen LogP contribution in [0.2, 0.25) is 0 Å². The summed E-state index contributed by atoms with van der Waals surface area (Å²) in [5, 5.41) is 14.4. The molecule has 1 aliphatic rings. The Kier molecular flexibility index (Phi) is 13.3. The third kappa shape index (κ3) is 9.73. The number of quaternary nitrogens is 1. The lowest BCUT2D eigenvalue weighted by molar-refractivity contribution is -0.870. The number of methoxy groups -OCH3 is 1. The molecule has 1 aliphatic heterocycles. The van der Waals surface area contributed by atoms with E-state index >= 15 is 0 Å². The number of non-ortho nitro benzene ring substituents is 1. The maximum absolute atomic E-state index is 13.2. The predicted octanol–water partition coefficient (Wildman–Crippen LogP) is 1.60. The summed E-state index contributed by atoms with van der Waals surface area (Å²) in [5.74, 6) is -2.00. The average Bonchev–Trinajstić information content (AvgIpc) is 2.81. The first kappa shape index (κ1) is 32.6. The minimum absolute atomic E-state index is 0. The first-order chi connectivity index (χ1) is 17.0. The number of allylic oxidation sites excluding steroid dienone is 2. The zero-order chi connectivity index (χ0) is 26.9. The summed E-state index contributed by atoms with van der Waals surface area (Å²) in [4.78, 5) is 36.8. The van der Waals surface area contributed by atoms with Gasteiger partial charge < -0.3 is 43.3 Å². The van der Waals surface area contributed by atoms with Gasteiger partial charge in [0.15, 0.2) is 0 Å². The summed E-state index contributed by atoms with van der Waals surface area (Å²) in [7, 11) is 7.85. The Balaban J connectivity index is 0.00000684. The van der Waals surface area contributed by atoms with Gasteiger partial charge >= 0.3 is 11.9 Å². The molecule has 9 nitrogen and oxygen atoms in total. The van der Waals surface area contributed by atoms with Gasteiger partial charge in [0.05, 0.1) is 63.4 Å². The molecule has 206 valence electrons. The largest absolute Gasteiger partial charge is 1.00 e. The van der Waals surface area contributed by atoms with Crippen molar-refractivity contribution in [1.82, 2.24) is 5.32 Å². The van der Waals surface area contributed by atoms with Crippen LogP contribution in [0.25, 0.3) is 0 Å². The second-order valence-electron chi connectivity index (χ2n) is 10.3. The number of benzene rings is 1. The Hall–Kier alpha value is -2.47. The summed E-state index contributed by atoms with van der Waals surface area (Å²) in [5.41, 5.74) is 1.87. The Morgan fingerprint density at radius 1 is 0.973 bits per heavy atom. The van der Waals surface area contributed by atoms with Crippen LogP contribution in [0.15, 0.2) is 46.8 Å². The number of nitro groups is 1. The minimum Gasteiger partial charge on any atom is -1.00 e. The van der Waals surface area contributed by atoms with Crippen LogP contribution in [0.4, 0.5) is 5.69 Å². The van der Waals surface area contributed by atoms with Crippen molar-refractivity contribution in [1.29, 1.82) is 0 Å². The molecule has 1 heterocycles. The van der Waals surface area contributed by atoms with Crippen LogP contribution in [0.3, 0.4) is 0 Å². The molecule has 0 unspecified atom stereocenters. The van der Waals surface area contributed by atoms with E-state index in [1.807, 2.05) is 0 Å². The molecular formula is C27H40IN3O6. The fraction of sp³-hybridized carbons (Fsp3) is 0.556. The number of unbranched alkanes of at least 4 members (excludes halogenated alkanes) is 5. The van der Waals surface area contributed by atoms with Crippen LogP contribution in [0.5, 0.6) is 0 Å². The summed E-state index contributed by atoms with van der Waals surface area (Å²) in [6.07, 6.45) is 6.36. The summed E-state index contributed by atoms with van der Waals surface area (Å²) >= 11 is 0. The highest BCUT2D eigenvalue weighted by molar-refractivity contribution is 5.99. The molecule has 10 heteroatoms. The van der Waals surface area contributed by atoms with Crippen molar-refractivity contribution >= 4 is 17.6 Å². The number of halogens is 1. The monoisotopic (exact) mass is 629 g/mol. The van der Waals surface area contributed by atoms with Crippen molar-refractivity contribution in [3.63, 3.8) is 0 Å². The predicted molar refractivity (Wildman–Crippen MR) is 138 cm³/mol. The number of esters is 2. The zero-order valence-electron chi connectivity index (χ0n) is 22.8. The van der Waals surface area contributed by atoms with Gasteiger partial charge in [-0.25, -0.2) is 9.59 Å². The van der Waals surface area contributed by atoms with Crippen molar-refractivity contribution in [3.8, 4) is 0 Å². The molecule has 1 aromatic carbocycles. The Labute approximate surface area is 237 Å². The SMILES string of the molecule is COC(=O)C1=C(C)NC(C)=C(C(=O)OCCCCCCCC[N+](C)(C)C)[C@H]1c1cccc([N+](=O)[O-])c1.[I-]. The third-order valence-electron chi connectivity index (χ3n) is 6.26. The van der Waals surface area contributed by atoms with E-state index in [0.29, 0.717) is 17.0 Å². The molecule has 0 aliphatic carbocycles. The molecular weight excluding hydrogens is 589 g/mol. The number of carbonyl (C=O) groups is 2. The first-order valence-electron chi connectivity index (χ1n) is 12.4. The van der Waals surface area contributed by atoms with E-state index in [2.05, 4.69) is 26.5 Å². The fourth-order valence-electron chi connectivity index (χ4n) is 4.43. The summed E-state index contributed by atoms with van der Waals surface area (Å²) < 4.78 is 11.6. The van der Waals surface area contributed by atoms with Crippen LogP contribution < -0.4 is 29.3 Å². The average molecular weight is 630 g/mol. The van der Waals surface area contributed by atoms with Crippen LogP contribution in [-0.2, 0) is 19.1 Å². The highest BCUT2D eigenvalue weighted by Gasteiger charge is 2.38. The number of nitro benzene ring substituents is 1. The lowest BCUT2D eigenvalue weighted by atomic mass is 9.80. The molecule has 0 radical (unpaired) electrons. The molecule has 1 N–H and O–H groups in total. The van der Waals surface area contributed by atoms with Crippen molar-refractivity contribution < 1.29 is 52.4 Å². The van der Waals surface area contributed by atoms with Gasteiger partial charge in [-0.1, -0.05) is 31.4 Å². The van der Waals surface area contributed by atoms with Gasteiger partial charge in [-0.05, 0) is 38.7 Å². The summed E-state index contributed by atoms with van der Waals surface area (Å²) in [6, 6.07) is 5.96. The van der Waals surface area contributed by atoms with E-state index in [4.69, 9.17) is 9.47 Å². The van der Waals surface area contributed by atoms with Crippen LogP contribution in [0, 0.1) is 10.1 Å². The van der Waals surface area contributed by atoms with E-state index in [0.717, 1.165) is 36.7 Å². The number of ether oxygens (including phenoxy) is 2. The van der Waals surface area contributed by atoms with Crippen molar-refractivity contribution in [2.75, 3.05) is 41.4 Å². The number of nitrogens with zero attached hydrogens (tertiary/aromatic N) is 2. The van der Waals surface area contributed by atoms with Crippen molar-refractivity contribution in [3.05, 3.63) is 62.5 Å². The second kappa shape index (κ2) is 15.1. The first-order valence-corrected chi connectivity index (χ1v) is 12.4. The Morgan fingerprint density at radius 3 is 2.11 bits per heavy atom. The van der Waals surface area contributed by atoms with E-state index in [1.54, 1.807) is 26.0 Å². The summed E-state index contributed by atoms with van der Waals surface area (Å²) in [6.45, 7) is 4.87.